The molecule has 0 spiro atoms. The van der Waals surface area contributed by atoms with Gasteiger partial charge in [-0.25, -0.2) is 14.6 Å². The maximum absolute atomic E-state index is 12.8. The van der Waals surface area contributed by atoms with Crippen molar-refractivity contribution in [2.45, 2.75) is 33.1 Å². The van der Waals surface area contributed by atoms with E-state index >= 15 is 0 Å². The van der Waals surface area contributed by atoms with Gasteiger partial charge in [0.15, 0.2) is 0 Å². The largest absolute Gasteiger partial charge is 0.489 e. The van der Waals surface area contributed by atoms with E-state index in [4.69, 9.17) is 14.0 Å². The SMILES string of the molecule is Cc1cc(C(=O)NCC(C)Oc2cccnc2)ccc1-c1cccc(COc2ccc(Cn3oc(=O)[nH]c3=O)cc2)c1. The molecule has 214 valence electrons. The van der Waals surface area contributed by atoms with Gasteiger partial charge >= 0.3 is 11.4 Å². The normalized spacial score (nSPS) is 11.6. The Morgan fingerprint density at radius 1 is 1.00 bits per heavy atom. The van der Waals surface area contributed by atoms with Crippen LogP contribution in [-0.2, 0) is 13.2 Å². The number of pyridine rings is 1. The summed E-state index contributed by atoms with van der Waals surface area (Å²) in [6.07, 6.45) is 3.11. The number of aromatic amines is 1. The molecule has 10 nitrogen and oxygen atoms in total. The zero-order chi connectivity index (χ0) is 29.5. The van der Waals surface area contributed by atoms with Crippen molar-refractivity contribution in [2.75, 3.05) is 6.54 Å². The number of carbonyl (C=O) groups excluding carboxylic acids is 1. The number of hydrogen-bond donors (Lipinski definition) is 2. The van der Waals surface area contributed by atoms with Gasteiger partial charge in [-0.2, -0.15) is 0 Å². The first kappa shape index (κ1) is 28.2. The molecule has 0 radical (unpaired) electrons. The highest BCUT2D eigenvalue weighted by Gasteiger charge is 2.12. The number of benzene rings is 3. The smallest absolute Gasteiger partial charge is 0.440 e. The summed E-state index contributed by atoms with van der Waals surface area (Å²) in [4.78, 5) is 41.7. The zero-order valence-corrected chi connectivity index (χ0v) is 23.2. The van der Waals surface area contributed by atoms with Gasteiger partial charge in [0.05, 0.1) is 19.3 Å². The second-order valence-electron chi connectivity index (χ2n) is 9.84. The summed E-state index contributed by atoms with van der Waals surface area (Å²) < 4.78 is 17.5. The van der Waals surface area contributed by atoms with Crippen LogP contribution in [0.5, 0.6) is 11.5 Å². The number of nitrogens with one attached hydrogen (secondary N) is 2. The predicted molar refractivity (Wildman–Crippen MR) is 157 cm³/mol. The van der Waals surface area contributed by atoms with E-state index in [0.29, 0.717) is 30.2 Å². The van der Waals surface area contributed by atoms with Crippen LogP contribution >= 0.6 is 0 Å². The number of H-pyrrole nitrogens is 1. The van der Waals surface area contributed by atoms with Gasteiger partial charge in [-0.05, 0) is 84.1 Å². The highest BCUT2D eigenvalue weighted by molar-refractivity contribution is 5.95. The number of nitrogens with zero attached hydrogens (tertiary/aromatic N) is 2. The maximum atomic E-state index is 12.8. The Hall–Kier alpha value is -5.38. The Balaban J connectivity index is 1.17. The lowest BCUT2D eigenvalue weighted by Crippen LogP contribution is -2.33. The number of aromatic nitrogens is 3. The van der Waals surface area contributed by atoms with Gasteiger partial charge < -0.3 is 19.3 Å². The summed E-state index contributed by atoms with van der Waals surface area (Å²) in [5.74, 6) is 0.375. The summed E-state index contributed by atoms with van der Waals surface area (Å²) in [5, 5.41) is 2.93. The van der Waals surface area contributed by atoms with Crippen LogP contribution in [0.2, 0.25) is 0 Å². The highest BCUT2D eigenvalue weighted by Crippen LogP contribution is 2.26. The molecule has 42 heavy (non-hydrogen) atoms. The van der Waals surface area contributed by atoms with E-state index in [2.05, 4.69) is 21.4 Å². The van der Waals surface area contributed by atoms with Crippen molar-refractivity contribution in [3.8, 4) is 22.6 Å². The number of rotatable bonds is 11. The van der Waals surface area contributed by atoms with Crippen LogP contribution in [0.15, 0.2) is 105 Å². The van der Waals surface area contributed by atoms with Crippen molar-refractivity contribution in [1.82, 2.24) is 20.0 Å². The minimum Gasteiger partial charge on any atom is -0.489 e. The minimum absolute atomic E-state index is 0.138. The Morgan fingerprint density at radius 3 is 2.55 bits per heavy atom. The Morgan fingerprint density at radius 2 is 1.83 bits per heavy atom. The fourth-order valence-corrected chi connectivity index (χ4v) is 4.43. The van der Waals surface area contributed by atoms with Crippen LogP contribution in [0.3, 0.4) is 0 Å². The number of amides is 1. The van der Waals surface area contributed by atoms with Crippen LogP contribution in [0.1, 0.15) is 34.0 Å². The van der Waals surface area contributed by atoms with E-state index in [1.807, 2.05) is 56.3 Å². The molecule has 5 rings (SSSR count). The lowest BCUT2D eigenvalue weighted by Gasteiger charge is -2.15. The second kappa shape index (κ2) is 12.9. The first-order chi connectivity index (χ1) is 20.3. The van der Waals surface area contributed by atoms with Crippen LogP contribution in [0, 0.1) is 6.92 Å². The van der Waals surface area contributed by atoms with Gasteiger partial charge in [0.2, 0.25) is 0 Å². The van der Waals surface area contributed by atoms with E-state index in [0.717, 1.165) is 32.6 Å². The molecule has 1 unspecified atom stereocenters. The molecule has 2 heterocycles. The molecule has 0 aliphatic carbocycles. The number of aryl methyl sites for hydroxylation is 1. The Labute approximate surface area is 241 Å². The predicted octanol–water partition coefficient (Wildman–Crippen LogP) is 4.32. The third kappa shape index (κ3) is 7.22. The molecule has 0 aliphatic rings. The van der Waals surface area contributed by atoms with Gasteiger partial charge in [-0.3, -0.25) is 9.78 Å². The number of ether oxygens (including phenoxy) is 2. The van der Waals surface area contributed by atoms with Crippen molar-refractivity contribution in [1.29, 1.82) is 0 Å². The fourth-order valence-electron chi connectivity index (χ4n) is 4.43. The van der Waals surface area contributed by atoms with Crippen LogP contribution in [-0.4, -0.2) is 33.3 Å². The van der Waals surface area contributed by atoms with Gasteiger partial charge in [0.25, 0.3) is 5.91 Å². The first-order valence-electron chi connectivity index (χ1n) is 13.4. The first-order valence-corrected chi connectivity index (χ1v) is 13.4. The van der Waals surface area contributed by atoms with Crippen molar-refractivity contribution < 1.29 is 18.8 Å². The quantitative estimate of drug-likeness (QED) is 0.244. The summed E-state index contributed by atoms with van der Waals surface area (Å²) in [6, 6.07) is 24.6. The molecule has 0 saturated carbocycles. The van der Waals surface area contributed by atoms with Crippen LogP contribution < -0.4 is 26.2 Å². The maximum Gasteiger partial charge on any atom is 0.440 e. The van der Waals surface area contributed by atoms with Crippen molar-refractivity contribution in [2.24, 2.45) is 0 Å². The molecule has 0 saturated heterocycles. The van der Waals surface area contributed by atoms with Gasteiger partial charge in [0.1, 0.15) is 24.2 Å². The molecule has 1 amide bonds. The third-order valence-electron chi connectivity index (χ3n) is 6.53. The van der Waals surface area contributed by atoms with Crippen LogP contribution in [0.4, 0.5) is 0 Å². The zero-order valence-electron chi connectivity index (χ0n) is 23.2. The molecule has 0 fully saturated rings. The summed E-state index contributed by atoms with van der Waals surface area (Å²) in [5.41, 5.74) is 4.79. The summed E-state index contributed by atoms with van der Waals surface area (Å²) in [7, 11) is 0. The monoisotopic (exact) mass is 566 g/mol. The van der Waals surface area contributed by atoms with Crippen molar-refractivity contribution in [3.05, 3.63) is 135 Å². The highest BCUT2D eigenvalue weighted by atomic mass is 16.5. The standard InChI is InChI=1S/C32H30N4O6/c1-21-15-26(30(37)34-17-22(2)41-28-7-4-14-33-18-28)10-13-29(21)25-6-3-5-24(16-25)20-40-27-11-8-23(9-12-27)19-36-31(38)35-32(39)42-36/h3-16,18,22H,17,19-20H2,1-2H3,(H,34,37)(H,35,38,39). The Kier molecular flexibility index (Phi) is 8.62. The van der Waals surface area contributed by atoms with Gasteiger partial charge in [-0.1, -0.05) is 36.4 Å². The van der Waals surface area contributed by atoms with E-state index in [1.54, 1.807) is 42.7 Å². The second-order valence-corrected chi connectivity index (χ2v) is 9.84. The van der Waals surface area contributed by atoms with E-state index in [1.165, 1.54) is 0 Å². The van der Waals surface area contributed by atoms with E-state index in [-0.39, 0.29) is 18.6 Å². The molecule has 2 N–H and O–H groups in total. The average Bonchev–Trinajstić information content (AvgIpc) is 3.31. The molecule has 10 heteroatoms. The van der Waals surface area contributed by atoms with Gasteiger partial charge in [0, 0.05) is 11.8 Å². The van der Waals surface area contributed by atoms with Crippen LogP contribution in [0.25, 0.3) is 11.1 Å². The van der Waals surface area contributed by atoms with Crippen molar-refractivity contribution >= 4 is 5.91 Å². The summed E-state index contributed by atoms with van der Waals surface area (Å²) in [6.45, 7) is 4.74. The lowest BCUT2D eigenvalue weighted by molar-refractivity contribution is 0.0932. The fraction of sp³-hybridized carbons (Fsp3) is 0.188. The molecular formula is C32H30N4O6. The Bertz CT molecular complexity index is 1770. The molecule has 3 aromatic carbocycles. The number of hydrogen-bond acceptors (Lipinski definition) is 7. The average molecular weight is 567 g/mol. The molecule has 0 aliphatic heterocycles. The topological polar surface area (TPSA) is 128 Å². The molecule has 2 aromatic heterocycles. The molecule has 5 aromatic rings. The lowest BCUT2D eigenvalue weighted by atomic mass is 9.97. The summed E-state index contributed by atoms with van der Waals surface area (Å²) >= 11 is 0. The van der Waals surface area contributed by atoms with E-state index < -0.39 is 11.4 Å². The molecular weight excluding hydrogens is 536 g/mol. The number of carbonyl (C=O) groups is 1. The van der Waals surface area contributed by atoms with Crippen molar-refractivity contribution in [3.63, 3.8) is 0 Å². The van der Waals surface area contributed by atoms with E-state index in [9.17, 15) is 14.4 Å². The molecule has 1 atom stereocenters. The molecule has 0 bridgehead atoms. The minimum atomic E-state index is -0.785. The van der Waals surface area contributed by atoms with Gasteiger partial charge in [-0.15, -0.1) is 4.74 Å². The third-order valence-corrected chi connectivity index (χ3v) is 6.53.